The Hall–Kier alpha value is -4.88. The molecule has 0 spiro atoms. The lowest BCUT2D eigenvalue weighted by Gasteiger charge is -2.42. The molecule has 5 aromatic carbocycles. The first kappa shape index (κ1) is 22.0. The van der Waals surface area contributed by atoms with Crippen LogP contribution in [0.3, 0.4) is 0 Å². The highest BCUT2D eigenvalue weighted by molar-refractivity contribution is 8.00. The highest BCUT2D eigenvalue weighted by Crippen LogP contribution is 2.45. The number of benzene rings is 5. The van der Waals surface area contributed by atoms with E-state index in [9.17, 15) is 0 Å². The van der Waals surface area contributed by atoms with Crippen molar-refractivity contribution in [1.29, 1.82) is 0 Å². The van der Waals surface area contributed by atoms with E-state index < -0.39 is 0 Å². The van der Waals surface area contributed by atoms with Gasteiger partial charge in [-0.25, -0.2) is 4.98 Å². The van der Waals surface area contributed by atoms with Crippen LogP contribution in [0.2, 0.25) is 0 Å². The Kier molecular flexibility index (Phi) is 4.57. The van der Waals surface area contributed by atoms with Crippen molar-refractivity contribution in [2.75, 3.05) is 4.90 Å². The van der Waals surface area contributed by atoms with Gasteiger partial charge >= 0.3 is 0 Å². The maximum absolute atomic E-state index is 6.53. The van der Waals surface area contributed by atoms with Crippen molar-refractivity contribution in [3.05, 3.63) is 115 Å². The first-order valence-electron chi connectivity index (χ1n) is 13.2. The van der Waals surface area contributed by atoms with E-state index in [4.69, 9.17) is 19.7 Å². The van der Waals surface area contributed by atoms with Gasteiger partial charge in [-0.3, -0.25) is 4.90 Å². The monoisotopic (exact) mass is 530 g/mol. The van der Waals surface area contributed by atoms with Gasteiger partial charge in [0.25, 0.3) is 6.71 Å². The van der Waals surface area contributed by atoms with Crippen LogP contribution in [0.5, 0.6) is 11.5 Å². The lowest BCUT2D eigenvalue weighted by atomic mass is 9.34. The summed E-state index contributed by atoms with van der Waals surface area (Å²) in [6, 6.07) is 39.4. The van der Waals surface area contributed by atoms with Crippen LogP contribution in [0.1, 0.15) is 0 Å². The van der Waals surface area contributed by atoms with Gasteiger partial charge in [-0.05, 0) is 52.8 Å². The molecule has 0 saturated heterocycles. The molecule has 4 heterocycles. The first-order valence-corrected chi connectivity index (χ1v) is 14.1. The third-order valence-electron chi connectivity index (χ3n) is 7.79. The van der Waals surface area contributed by atoms with Crippen LogP contribution in [0.4, 0.5) is 17.3 Å². The fourth-order valence-corrected chi connectivity index (χ4v) is 7.30. The van der Waals surface area contributed by atoms with Gasteiger partial charge in [0.1, 0.15) is 11.5 Å². The van der Waals surface area contributed by atoms with Crippen LogP contribution in [0.25, 0.3) is 22.8 Å². The van der Waals surface area contributed by atoms with Gasteiger partial charge in [0.2, 0.25) is 5.95 Å². The van der Waals surface area contributed by atoms with E-state index in [0.29, 0.717) is 17.6 Å². The fraction of sp³-hybridized carbons (Fsp3) is 0. The number of anilines is 3. The third kappa shape index (κ3) is 3.09. The van der Waals surface area contributed by atoms with Gasteiger partial charge in [0.05, 0.1) is 0 Å². The second-order valence-corrected chi connectivity index (χ2v) is 11.1. The Morgan fingerprint density at radius 1 is 0.525 bits per heavy atom. The molecule has 0 amide bonds. The van der Waals surface area contributed by atoms with Gasteiger partial charge in [0.15, 0.2) is 11.6 Å². The van der Waals surface area contributed by atoms with Crippen LogP contribution in [-0.2, 0) is 0 Å². The molecule has 0 saturated carbocycles. The van der Waals surface area contributed by atoms with Gasteiger partial charge < -0.3 is 4.74 Å². The highest BCUT2D eigenvalue weighted by atomic mass is 32.2. The first-order chi connectivity index (χ1) is 19.8. The molecule has 0 N–H and O–H groups in total. The number of ether oxygens (including phenoxy) is 1. The van der Waals surface area contributed by atoms with Crippen molar-refractivity contribution in [3.63, 3.8) is 0 Å². The number of hydrogen-bond acceptors (Lipinski definition) is 6. The topological polar surface area (TPSA) is 51.1 Å². The molecule has 0 radical (unpaired) electrons. The van der Waals surface area contributed by atoms with E-state index in [1.165, 1.54) is 20.7 Å². The Bertz CT molecular complexity index is 1850. The van der Waals surface area contributed by atoms with Crippen molar-refractivity contribution in [2.45, 2.75) is 9.79 Å². The average Bonchev–Trinajstić information content (AvgIpc) is 3.02. The smallest absolute Gasteiger partial charge is 0.259 e. The molecule has 3 aliphatic rings. The van der Waals surface area contributed by atoms with Gasteiger partial charge in [-0.1, -0.05) is 90.6 Å². The molecule has 40 heavy (non-hydrogen) atoms. The third-order valence-corrected chi connectivity index (χ3v) is 8.94. The quantitative estimate of drug-likeness (QED) is 0.258. The zero-order valence-electron chi connectivity index (χ0n) is 21.2. The van der Waals surface area contributed by atoms with Crippen molar-refractivity contribution in [1.82, 2.24) is 15.0 Å². The molecule has 0 atom stereocenters. The summed E-state index contributed by atoms with van der Waals surface area (Å²) < 4.78 is 6.53. The Balaban J connectivity index is 1.34. The maximum atomic E-state index is 6.53. The lowest BCUT2D eigenvalue weighted by Crippen LogP contribution is -2.62. The fourth-order valence-electron chi connectivity index (χ4n) is 6.11. The highest BCUT2D eigenvalue weighted by Gasteiger charge is 2.46. The van der Waals surface area contributed by atoms with Crippen LogP contribution >= 0.6 is 11.8 Å². The van der Waals surface area contributed by atoms with Crippen LogP contribution in [0, 0.1) is 0 Å². The molecule has 9 rings (SSSR count). The Labute approximate surface area is 235 Å². The number of aromatic nitrogens is 3. The molecule has 0 bridgehead atoms. The molecule has 186 valence electrons. The van der Waals surface area contributed by atoms with Crippen LogP contribution < -0.4 is 26.0 Å². The van der Waals surface area contributed by atoms with Crippen molar-refractivity contribution in [3.8, 4) is 34.3 Å². The summed E-state index contributed by atoms with van der Waals surface area (Å²) in [5, 5.41) is 0. The number of hydrogen-bond donors (Lipinski definition) is 0. The summed E-state index contributed by atoms with van der Waals surface area (Å²) in [5.41, 5.74) is 7.69. The second kappa shape index (κ2) is 8.31. The molecule has 0 aliphatic carbocycles. The van der Waals surface area contributed by atoms with Crippen molar-refractivity contribution >= 4 is 52.2 Å². The summed E-state index contributed by atoms with van der Waals surface area (Å²) in [5.74, 6) is 3.68. The van der Waals surface area contributed by atoms with E-state index in [2.05, 4.69) is 59.5 Å². The van der Waals surface area contributed by atoms with Gasteiger partial charge in [0, 0.05) is 32.3 Å². The Morgan fingerprint density at radius 2 is 1.07 bits per heavy atom. The minimum Gasteiger partial charge on any atom is -0.458 e. The van der Waals surface area contributed by atoms with E-state index in [1.807, 2.05) is 60.7 Å². The van der Waals surface area contributed by atoms with E-state index in [-0.39, 0.29) is 6.71 Å². The van der Waals surface area contributed by atoms with Crippen LogP contribution in [-0.4, -0.2) is 21.7 Å². The lowest BCUT2D eigenvalue weighted by molar-refractivity contribution is 0.486. The molecular formula is C33H19BN4OS. The number of nitrogens with zero attached hydrogens (tertiary/aromatic N) is 4. The van der Waals surface area contributed by atoms with E-state index >= 15 is 0 Å². The molecule has 6 aromatic rings. The van der Waals surface area contributed by atoms with Gasteiger partial charge in [-0.2, -0.15) is 9.97 Å². The minimum atomic E-state index is 0.0962. The summed E-state index contributed by atoms with van der Waals surface area (Å²) in [7, 11) is 0. The molecule has 5 nitrogen and oxygen atoms in total. The average molecular weight is 530 g/mol. The van der Waals surface area contributed by atoms with Gasteiger partial charge in [-0.15, -0.1) is 0 Å². The predicted molar refractivity (Wildman–Crippen MR) is 161 cm³/mol. The standard InChI is InChI=1S/C33H19BN4OS/c1-3-10-20(11-4-1)31-35-32(21-12-5-2-6-13-21)37-33(36-31)38-22-14-7-16-24-28(22)34-29-23(38)15-8-18-26(29)40-27-19-9-17-25(39-24)30(27)34/h1-19H. The predicted octanol–water partition coefficient (Wildman–Crippen LogP) is 6.08. The molecule has 0 unspecified atom stereocenters. The summed E-state index contributed by atoms with van der Waals surface area (Å²) in [6.07, 6.45) is 0. The van der Waals surface area contributed by atoms with E-state index in [1.54, 1.807) is 11.8 Å². The summed E-state index contributed by atoms with van der Waals surface area (Å²) >= 11 is 1.81. The minimum absolute atomic E-state index is 0.0962. The number of rotatable bonds is 3. The largest absolute Gasteiger partial charge is 0.458 e. The molecule has 3 aliphatic heterocycles. The second-order valence-electron chi connectivity index (χ2n) is 10.0. The normalized spacial score (nSPS) is 13.5. The maximum Gasteiger partial charge on any atom is 0.259 e. The SMILES string of the molecule is c1ccc(-c2nc(-c3ccccc3)nc(N3c4cccc5c4B4c6c(cccc6Sc6cccc3c64)O5)n2)cc1. The molecule has 0 fully saturated rings. The zero-order chi connectivity index (χ0) is 26.2. The molecular weight excluding hydrogens is 511 g/mol. The van der Waals surface area contributed by atoms with E-state index in [0.717, 1.165) is 39.5 Å². The van der Waals surface area contributed by atoms with Crippen molar-refractivity contribution < 1.29 is 4.74 Å². The zero-order valence-corrected chi connectivity index (χ0v) is 22.0. The summed E-state index contributed by atoms with van der Waals surface area (Å²) in [6.45, 7) is 0.0962. The summed E-state index contributed by atoms with van der Waals surface area (Å²) in [4.78, 5) is 19.8. The Morgan fingerprint density at radius 3 is 1.75 bits per heavy atom. The van der Waals surface area contributed by atoms with Crippen molar-refractivity contribution in [2.24, 2.45) is 0 Å². The van der Waals surface area contributed by atoms with Crippen LogP contribution in [0.15, 0.2) is 125 Å². The molecule has 7 heteroatoms. The molecule has 1 aromatic heterocycles.